The topological polar surface area (TPSA) is 33.0 Å². The Morgan fingerprint density at radius 1 is 1.09 bits per heavy atom. The van der Waals surface area contributed by atoms with Crippen LogP contribution in [0.15, 0.2) is 48.5 Å². The van der Waals surface area contributed by atoms with Crippen molar-refractivity contribution in [3.8, 4) is 11.8 Å². The van der Waals surface area contributed by atoms with Crippen LogP contribution in [-0.4, -0.2) is 6.61 Å². The van der Waals surface area contributed by atoms with Crippen LogP contribution in [-0.2, 0) is 0 Å². The number of ether oxygens (including phenoxy) is 1. The van der Waals surface area contributed by atoms with E-state index in [-0.39, 0.29) is 11.7 Å². The molecule has 0 spiro atoms. The highest BCUT2D eigenvalue weighted by Gasteiger charge is 2.11. The molecule has 0 aliphatic carbocycles. The molecule has 1 unspecified atom stereocenters. The molecule has 0 aliphatic rings. The lowest BCUT2D eigenvalue weighted by molar-refractivity contribution is 0.305. The van der Waals surface area contributed by atoms with Crippen LogP contribution in [0.1, 0.15) is 43.2 Å². The zero-order valence-electron chi connectivity index (χ0n) is 12.9. The predicted molar refractivity (Wildman–Crippen MR) is 85.4 cm³/mol. The lowest BCUT2D eigenvalue weighted by Crippen LogP contribution is -2.05. The van der Waals surface area contributed by atoms with E-state index in [4.69, 9.17) is 4.74 Å². The highest BCUT2D eigenvalue weighted by Crippen LogP contribution is 2.22. The Morgan fingerprint density at radius 3 is 2.45 bits per heavy atom. The van der Waals surface area contributed by atoms with Crippen molar-refractivity contribution >= 4 is 0 Å². The molecule has 114 valence electrons. The molecule has 0 saturated heterocycles. The van der Waals surface area contributed by atoms with Crippen molar-refractivity contribution in [1.82, 2.24) is 0 Å². The molecule has 1 atom stereocenters. The summed E-state index contributed by atoms with van der Waals surface area (Å²) in [7, 11) is 0. The highest BCUT2D eigenvalue weighted by molar-refractivity contribution is 5.30. The zero-order chi connectivity index (χ0) is 15.9. The van der Waals surface area contributed by atoms with E-state index in [0.717, 1.165) is 11.3 Å². The van der Waals surface area contributed by atoms with Gasteiger partial charge in [0.15, 0.2) is 0 Å². The number of hydrogen-bond acceptors (Lipinski definition) is 2. The maximum Gasteiger partial charge on any atom is 0.123 e. The van der Waals surface area contributed by atoms with Gasteiger partial charge in [0.25, 0.3) is 0 Å². The van der Waals surface area contributed by atoms with E-state index < -0.39 is 0 Å². The summed E-state index contributed by atoms with van der Waals surface area (Å²) in [5.41, 5.74) is 2.05. The average molecular weight is 297 g/mol. The first-order chi connectivity index (χ1) is 10.6. The lowest BCUT2D eigenvalue weighted by atomic mass is 9.98. The lowest BCUT2D eigenvalue weighted by Gasteiger charge is -2.12. The van der Waals surface area contributed by atoms with E-state index in [9.17, 15) is 9.65 Å². The van der Waals surface area contributed by atoms with Gasteiger partial charge in [-0.3, -0.25) is 0 Å². The number of benzene rings is 2. The predicted octanol–water partition coefficient (Wildman–Crippen LogP) is 5.03. The molecule has 0 aliphatic heterocycles. The normalized spacial score (nSPS) is 12.0. The summed E-state index contributed by atoms with van der Waals surface area (Å²) in [6, 6.07) is 16.3. The first-order valence-corrected chi connectivity index (χ1v) is 7.48. The van der Waals surface area contributed by atoms with Gasteiger partial charge in [0, 0.05) is 6.42 Å². The van der Waals surface area contributed by atoms with Crippen LogP contribution in [0.3, 0.4) is 0 Å². The van der Waals surface area contributed by atoms with Crippen LogP contribution in [0.4, 0.5) is 4.39 Å². The summed E-state index contributed by atoms with van der Waals surface area (Å²) >= 11 is 0. The zero-order valence-corrected chi connectivity index (χ0v) is 12.9. The number of nitriles is 1. The fourth-order valence-corrected chi connectivity index (χ4v) is 2.26. The summed E-state index contributed by atoms with van der Waals surface area (Å²) < 4.78 is 18.7. The largest absolute Gasteiger partial charge is 0.494 e. The number of nitrogens with zero attached hydrogens (tertiary/aromatic N) is 1. The van der Waals surface area contributed by atoms with Gasteiger partial charge >= 0.3 is 0 Å². The Labute approximate surface area is 131 Å². The Bertz CT molecular complexity index is 643. The molecule has 0 radical (unpaired) electrons. The highest BCUT2D eigenvalue weighted by atomic mass is 19.1. The SMILES string of the molecule is CC(C)c1cccc(OCCC(C#N)c2ccc(F)cc2)c1. The Morgan fingerprint density at radius 2 is 1.82 bits per heavy atom. The smallest absolute Gasteiger partial charge is 0.123 e. The molecular formula is C19H20FNO. The first kappa shape index (κ1) is 16.0. The van der Waals surface area contributed by atoms with Crippen molar-refractivity contribution < 1.29 is 9.13 Å². The number of halogens is 1. The Kier molecular flexibility index (Phi) is 5.55. The molecule has 0 amide bonds. The van der Waals surface area contributed by atoms with Gasteiger partial charge in [0.05, 0.1) is 18.6 Å². The molecule has 2 aromatic carbocycles. The first-order valence-electron chi connectivity index (χ1n) is 7.48. The third-order valence-corrected chi connectivity index (χ3v) is 3.63. The standard InChI is InChI=1S/C19H20FNO/c1-14(2)16-4-3-5-19(12-16)22-11-10-17(13-21)15-6-8-18(20)9-7-15/h3-9,12,14,17H,10-11H2,1-2H3. The van der Waals surface area contributed by atoms with E-state index >= 15 is 0 Å². The monoisotopic (exact) mass is 297 g/mol. The average Bonchev–Trinajstić information content (AvgIpc) is 2.53. The maximum absolute atomic E-state index is 12.9. The fraction of sp³-hybridized carbons (Fsp3) is 0.316. The Hall–Kier alpha value is -2.34. The van der Waals surface area contributed by atoms with Gasteiger partial charge in [0.2, 0.25) is 0 Å². The quantitative estimate of drug-likeness (QED) is 0.749. The third kappa shape index (κ3) is 4.33. The van der Waals surface area contributed by atoms with Gasteiger partial charge in [-0.15, -0.1) is 0 Å². The molecule has 2 nitrogen and oxygen atoms in total. The van der Waals surface area contributed by atoms with Crippen molar-refractivity contribution in [2.75, 3.05) is 6.61 Å². The molecular weight excluding hydrogens is 277 g/mol. The molecule has 0 saturated carbocycles. The van der Waals surface area contributed by atoms with Crippen molar-refractivity contribution in [3.63, 3.8) is 0 Å². The fourth-order valence-electron chi connectivity index (χ4n) is 2.26. The molecule has 2 rings (SSSR count). The maximum atomic E-state index is 12.9. The third-order valence-electron chi connectivity index (χ3n) is 3.63. The van der Waals surface area contributed by atoms with Crippen LogP contribution < -0.4 is 4.74 Å². The van der Waals surface area contributed by atoms with E-state index in [1.165, 1.54) is 17.7 Å². The van der Waals surface area contributed by atoms with Gasteiger partial charge in [-0.1, -0.05) is 38.1 Å². The van der Waals surface area contributed by atoms with E-state index in [0.29, 0.717) is 18.9 Å². The number of hydrogen-bond donors (Lipinski definition) is 0. The molecule has 0 heterocycles. The second kappa shape index (κ2) is 7.61. The molecule has 2 aromatic rings. The minimum absolute atomic E-state index is 0.283. The molecule has 3 heteroatoms. The molecule has 0 fully saturated rings. The van der Waals surface area contributed by atoms with Crippen LogP contribution >= 0.6 is 0 Å². The van der Waals surface area contributed by atoms with Gasteiger partial charge in [0.1, 0.15) is 11.6 Å². The van der Waals surface area contributed by atoms with E-state index in [1.54, 1.807) is 12.1 Å². The molecule has 22 heavy (non-hydrogen) atoms. The van der Waals surface area contributed by atoms with Crippen LogP contribution in [0, 0.1) is 17.1 Å². The molecule has 0 N–H and O–H groups in total. The van der Waals surface area contributed by atoms with Gasteiger partial charge in [-0.25, -0.2) is 4.39 Å². The van der Waals surface area contributed by atoms with Crippen LogP contribution in [0.2, 0.25) is 0 Å². The van der Waals surface area contributed by atoms with Crippen molar-refractivity contribution in [2.45, 2.75) is 32.1 Å². The van der Waals surface area contributed by atoms with E-state index in [2.05, 4.69) is 26.0 Å². The summed E-state index contributed by atoms with van der Waals surface area (Å²) in [5.74, 6) is 0.702. The van der Waals surface area contributed by atoms with Crippen molar-refractivity contribution in [2.24, 2.45) is 0 Å². The van der Waals surface area contributed by atoms with Crippen molar-refractivity contribution in [1.29, 1.82) is 5.26 Å². The second-order valence-corrected chi connectivity index (χ2v) is 5.60. The van der Waals surface area contributed by atoms with E-state index in [1.807, 2.05) is 18.2 Å². The summed E-state index contributed by atoms with van der Waals surface area (Å²) in [6.45, 7) is 4.73. The summed E-state index contributed by atoms with van der Waals surface area (Å²) in [6.07, 6.45) is 0.577. The minimum Gasteiger partial charge on any atom is -0.494 e. The van der Waals surface area contributed by atoms with Gasteiger partial charge in [-0.2, -0.15) is 5.26 Å². The summed E-state index contributed by atoms with van der Waals surface area (Å²) in [5, 5.41) is 9.26. The number of rotatable bonds is 6. The van der Waals surface area contributed by atoms with Crippen molar-refractivity contribution in [3.05, 3.63) is 65.5 Å². The van der Waals surface area contributed by atoms with Crippen LogP contribution in [0.5, 0.6) is 5.75 Å². The Balaban J connectivity index is 1.93. The second-order valence-electron chi connectivity index (χ2n) is 5.60. The van der Waals surface area contributed by atoms with Gasteiger partial charge < -0.3 is 4.74 Å². The van der Waals surface area contributed by atoms with Gasteiger partial charge in [-0.05, 0) is 41.3 Å². The molecule has 0 bridgehead atoms. The van der Waals surface area contributed by atoms with Crippen LogP contribution in [0.25, 0.3) is 0 Å². The minimum atomic E-state index is -0.290. The summed E-state index contributed by atoms with van der Waals surface area (Å²) in [4.78, 5) is 0. The molecule has 0 aromatic heterocycles.